The molecule has 0 radical (unpaired) electrons. The van der Waals surface area contributed by atoms with Crippen LogP contribution in [0.15, 0.2) is 48.7 Å². The molecule has 0 fully saturated rings. The summed E-state index contributed by atoms with van der Waals surface area (Å²) in [6.45, 7) is 4.80. The monoisotopic (exact) mass is 504 g/mol. The average Bonchev–Trinajstić information content (AvgIpc) is 3.35. The number of carbonyl (C=O) groups excluding carboxylic acids is 1. The number of carbonyl (C=O) groups is 1. The minimum Gasteiger partial charge on any atom is -0.491 e. The van der Waals surface area contributed by atoms with Crippen LogP contribution in [0, 0.1) is 0 Å². The van der Waals surface area contributed by atoms with Gasteiger partial charge in [0, 0.05) is 30.0 Å². The van der Waals surface area contributed by atoms with Crippen molar-refractivity contribution in [2.45, 2.75) is 32.9 Å². The molecule has 1 amide bonds. The third kappa shape index (κ3) is 5.88. The number of hydrogen-bond acceptors (Lipinski definition) is 8. The molecule has 0 aliphatic heterocycles. The van der Waals surface area contributed by atoms with Crippen LogP contribution in [0.2, 0.25) is 0 Å². The molecule has 0 saturated carbocycles. The number of rotatable bonds is 12. The van der Waals surface area contributed by atoms with Crippen molar-refractivity contribution in [1.29, 1.82) is 0 Å². The highest BCUT2D eigenvalue weighted by Crippen LogP contribution is 2.32. The van der Waals surface area contributed by atoms with E-state index in [1.807, 2.05) is 37.3 Å². The molecule has 2 aromatic heterocycles. The fourth-order valence-corrected chi connectivity index (χ4v) is 4.10. The Hall–Kier alpha value is -3.99. The largest absolute Gasteiger partial charge is 0.491 e. The van der Waals surface area contributed by atoms with Crippen LogP contribution in [0.1, 0.15) is 35.3 Å². The van der Waals surface area contributed by atoms with Gasteiger partial charge in [-0.25, -0.2) is 9.97 Å². The van der Waals surface area contributed by atoms with E-state index in [0.717, 1.165) is 28.8 Å². The van der Waals surface area contributed by atoms with Gasteiger partial charge in [0.05, 0.1) is 24.5 Å². The van der Waals surface area contributed by atoms with Gasteiger partial charge in [-0.15, -0.1) is 0 Å². The first-order chi connectivity index (χ1) is 17.9. The number of aliphatic hydroxyl groups is 2. The molecule has 0 aliphatic rings. The third-order valence-corrected chi connectivity index (χ3v) is 6.07. The molecule has 10 nitrogen and oxygen atoms in total. The number of nitrogens with zero attached hydrogens (tertiary/aromatic N) is 2. The maximum atomic E-state index is 12.3. The smallest absolute Gasteiger partial charge is 0.252 e. The Morgan fingerprint density at radius 3 is 2.65 bits per heavy atom. The number of fused-ring (bicyclic) bond motifs is 1. The number of pyridine rings is 1. The highest BCUT2D eigenvalue weighted by atomic mass is 16.5. The van der Waals surface area contributed by atoms with Gasteiger partial charge in [-0.1, -0.05) is 19.1 Å². The van der Waals surface area contributed by atoms with E-state index >= 15 is 0 Å². The molecule has 37 heavy (non-hydrogen) atoms. The molecular weight excluding hydrogens is 472 g/mol. The van der Waals surface area contributed by atoms with Gasteiger partial charge in [-0.2, -0.15) is 0 Å². The molecule has 0 spiro atoms. The normalized spacial score (nSPS) is 12.0. The number of aliphatic hydroxyl groups excluding tert-OH is 2. The predicted molar refractivity (Wildman–Crippen MR) is 143 cm³/mol. The number of H-pyrrole nitrogens is 1. The minimum atomic E-state index is -0.605. The van der Waals surface area contributed by atoms with Gasteiger partial charge in [0.1, 0.15) is 23.7 Å². The second-order valence-corrected chi connectivity index (χ2v) is 8.68. The first-order valence-electron chi connectivity index (χ1n) is 12.2. The topological polar surface area (TPSA) is 158 Å². The molecule has 4 aromatic rings. The van der Waals surface area contributed by atoms with Crippen LogP contribution in [0.25, 0.3) is 22.6 Å². The molecule has 0 aliphatic carbocycles. The fraction of sp³-hybridized carbons (Fsp3) is 0.296. The Morgan fingerprint density at radius 2 is 1.97 bits per heavy atom. The van der Waals surface area contributed by atoms with Gasteiger partial charge in [-0.3, -0.25) is 4.79 Å². The number of primary amides is 1. The van der Waals surface area contributed by atoms with Crippen molar-refractivity contribution >= 4 is 28.4 Å². The minimum absolute atomic E-state index is 0.0265. The highest BCUT2D eigenvalue weighted by molar-refractivity contribution is 6.06. The second kappa shape index (κ2) is 11.8. The summed E-state index contributed by atoms with van der Waals surface area (Å²) in [5.41, 5.74) is 11.3. The van der Waals surface area contributed by atoms with E-state index < -0.39 is 5.91 Å². The number of benzene rings is 2. The Bertz CT molecular complexity index is 1370. The molecule has 194 valence electrons. The average molecular weight is 505 g/mol. The van der Waals surface area contributed by atoms with Crippen molar-refractivity contribution in [1.82, 2.24) is 20.3 Å². The van der Waals surface area contributed by atoms with Gasteiger partial charge in [0.25, 0.3) is 5.91 Å². The summed E-state index contributed by atoms with van der Waals surface area (Å²) in [6.07, 6.45) is 2.19. The fourth-order valence-electron chi connectivity index (χ4n) is 4.10. The molecule has 7 N–H and O–H groups in total. The van der Waals surface area contributed by atoms with Crippen molar-refractivity contribution in [2.24, 2.45) is 5.73 Å². The van der Waals surface area contributed by atoms with E-state index in [1.165, 1.54) is 6.20 Å². The van der Waals surface area contributed by atoms with E-state index in [-0.39, 0.29) is 31.4 Å². The van der Waals surface area contributed by atoms with Gasteiger partial charge >= 0.3 is 0 Å². The van der Waals surface area contributed by atoms with Crippen LogP contribution in [-0.4, -0.2) is 56.9 Å². The molecule has 10 heteroatoms. The van der Waals surface area contributed by atoms with Crippen LogP contribution < -0.4 is 21.1 Å². The summed E-state index contributed by atoms with van der Waals surface area (Å²) < 4.78 is 5.43. The zero-order valence-electron chi connectivity index (χ0n) is 20.9. The maximum absolute atomic E-state index is 12.3. The summed E-state index contributed by atoms with van der Waals surface area (Å²) >= 11 is 0. The number of ether oxygens (including phenoxy) is 1. The Balaban J connectivity index is 1.72. The summed E-state index contributed by atoms with van der Waals surface area (Å²) in [5, 5.41) is 25.0. The summed E-state index contributed by atoms with van der Waals surface area (Å²) in [5.74, 6) is 0.610. The quantitative estimate of drug-likeness (QED) is 0.172. The van der Waals surface area contributed by atoms with Crippen LogP contribution in [0.4, 0.5) is 11.4 Å². The number of aromatic nitrogens is 3. The van der Waals surface area contributed by atoms with Crippen molar-refractivity contribution in [3.63, 3.8) is 0 Å². The number of nitrogens with one attached hydrogen (secondary N) is 3. The number of aromatic amines is 1. The van der Waals surface area contributed by atoms with E-state index in [9.17, 15) is 9.90 Å². The highest BCUT2D eigenvalue weighted by Gasteiger charge is 2.19. The van der Waals surface area contributed by atoms with Crippen molar-refractivity contribution in [3.8, 4) is 17.1 Å². The first-order valence-corrected chi connectivity index (χ1v) is 12.2. The van der Waals surface area contributed by atoms with Gasteiger partial charge in [0.2, 0.25) is 0 Å². The lowest BCUT2D eigenvalue weighted by molar-refractivity contribution is 0.100. The van der Waals surface area contributed by atoms with Crippen molar-refractivity contribution in [2.75, 3.05) is 25.1 Å². The zero-order chi connectivity index (χ0) is 26.4. The maximum Gasteiger partial charge on any atom is 0.252 e. The molecule has 2 aromatic carbocycles. The van der Waals surface area contributed by atoms with Gasteiger partial charge < -0.3 is 36.3 Å². The first kappa shape index (κ1) is 26.1. The summed E-state index contributed by atoms with van der Waals surface area (Å²) in [4.78, 5) is 24.6. The third-order valence-electron chi connectivity index (χ3n) is 6.07. The van der Waals surface area contributed by atoms with Gasteiger partial charge in [-0.05, 0) is 54.8 Å². The van der Waals surface area contributed by atoms with Crippen molar-refractivity contribution < 1.29 is 19.7 Å². The van der Waals surface area contributed by atoms with E-state index in [1.54, 1.807) is 12.1 Å². The number of imidazole rings is 1. The number of amides is 1. The van der Waals surface area contributed by atoms with Crippen LogP contribution in [-0.2, 0) is 13.0 Å². The lowest BCUT2D eigenvalue weighted by Gasteiger charge is -2.18. The summed E-state index contributed by atoms with van der Waals surface area (Å²) in [6, 6.07) is 13.2. The molecule has 0 bridgehead atoms. The molecule has 1 unspecified atom stereocenters. The zero-order valence-corrected chi connectivity index (χ0v) is 20.9. The lowest BCUT2D eigenvalue weighted by Crippen LogP contribution is -2.29. The lowest BCUT2D eigenvalue weighted by atomic mass is 10.0. The number of anilines is 2. The van der Waals surface area contributed by atoms with Crippen LogP contribution in [0.3, 0.4) is 0 Å². The summed E-state index contributed by atoms with van der Waals surface area (Å²) in [7, 11) is 0. The van der Waals surface area contributed by atoms with Gasteiger partial charge in [0.15, 0.2) is 5.65 Å². The van der Waals surface area contributed by atoms with Crippen molar-refractivity contribution in [3.05, 3.63) is 65.4 Å². The molecular formula is C27H32N6O4. The molecule has 4 rings (SSSR count). The Labute approximate surface area is 214 Å². The standard InChI is InChI=1S/C27H32N6O4/c1-3-20-18(13-29-16(2)15-35)5-4-6-22(20)31-23-21(25(28)36)14-30-27-24(23)32-26(33-27)17-7-9-19(10-8-17)37-12-11-34/h4-10,14,16,29,34-35H,3,11-13,15H2,1-2H3,(H2,28,36)(H2,30,31,32,33). The van der Waals surface area contributed by atoms with E-state index in [0.29, 0.717) is 35.0 Å². The SMILES string of the molecule is CCc1c(CNC(C)CO)cccc1Nc1c(C(N)=O)cnc2nc(-c3ccc(OCCO)cc3)[nH]c12. The molecule has 1 atom stereocenters. The molecule has 0 saturated heterocycles. The molecule has 2 heterocycles. The van der Waals surface area contributed by atoms with Crippen LogP contribution >= 0.6 is 0 Å². The second-order valence-electron chi connectivity index (χ2n) is 8.68. The van der Waals surface area contributed by atoms with E-state index in [2.05, 4.69) is 32.5 Å². The number of nitrogens with two attached hydrogens (primary N) is 1. The Kier molecular flexibility index (Phi) is 8.34. The van der Waals surface area contributed by atoms with E-state index in [4.69, 9.17) is 15.6 Å². The predicted octanol–water partition coefficient (Wildman–Crippen LogP) is 2.87. The van der Waals surface area contributed by atoms with Crippen LogP contribution in [0.5, 0.6) is 5.75 Å². The number of hydrogen-bond donors (Lipinski definition) is 6. The Morgan fingerprint density at radius 1 is 1.19 bits per heavy atom.